The maximum Gasteiger partial charge on any atom is 0.0136 e. The average Bonchev–Trinajstić information content (AvgIpc) is 2.77. The normalized spacial score (nSPS) is 27.8. The van der Waals surface area contributed by atoms with Crippen LogP contribution in [0.5, 0.6) is 0 Å². The summed E-state index contributed by atoms with van der Waals surface area (Å²) in [7, 11) is 0. The maximum atomic E-state index is 3.71. The Morgan fingerprint density at radius 1 is 1.36 bits per heavy atom. The third-order valence-electron chi connectivity index (χ3n) is 2.46. The van der Waals surface area contributed by atoms with E-state index in [1.54, 1.807) is 0 Å². The Hall–Kier alpha value is -1.04. The minimum Gasteiger partial charge on any atom is -0.0991 e. The lowest BCUT2D eigenvalue weighted by Crippen LogP contribution is -2.00. The molecule has 2 aliphatic carbocycles. The zero-order valence-electron chi connectivity index (χ0n) is 6.59. The number of hydrogen-bond donors (Lipinski definition) is 0. The number of rotatable bonds is 1. The largest absolute Gasteiger partial charge is 0.0991 e. The molecule has 0 aliphatic heterocycles. The fourth-order valence-electron chi connectivity index (χ4n) is 1.60. The molecule has 0 bridgehead atoms. The van der Waals surface area contributed by atoms with Gasteiger partial charge in [-0.2, -0.15) is 0 Å². The summed E-state index contributed by atoms with van der Waals surface area (Å²) in [5.74, 6) is 0. The first-order chi connectivity index (χ1) is 5.37. The average molecular weight is 144 g/mol. The van der Waals surface area contributed by atoms with Crippen molar-refractivity contribution < 1.29 is 0 Å². The Morgan fingerprint density at radius 2 is 2.18 bits per heavy atom. The van der Waals surface area contributed by atoms with Crippen LogP contribution in [0.2, 0.25) is 0 Å². The van der Waals surface area contributed by atoms with Crippen molar-refractivity contribution >= 4 is 0 Å². The molecule has 0 N–H and O–H groups in total. The van der Waals surface area contributed by atoms with Gasteiger partial charge in [0.2, 0.25) is 0 Å². The highest BCUT2D eigenvalue weighted by Gasteiger charge is 2.42. The first-order valence-electron chi connectivity index (χ1n) is 4.06. The summed E-state index contributed by atoms with van der Waals surface area (Å²) in [6.07, 6.45) is 15.4. The van der Waals surface area contributed by atoms with E-state index in [4.69, 9.17) is 0 Å². The number of allylic oxidation sites excluding steroid dienone is 7. The summed E-state index contributed by atoms with van der Waals surface area (Å²) < 4.78 is 0. The van der Waals surface area contributed by atoms with Crippen molar-refractivity contribution in [2.24, 2.45) is 5.41 Å². The van der Waals surface area contributed by atoms with E-state index in [1.165, 1.54) is 18.4 Å². The summed E-state index contributed by atoms with van der Waals surface area (Å²) in [5.41, 5.74) is 1.85. The fourth-order valence-corrected chi connectivity index (χ4v) is 1.60. The van der Waals surface area contributed by atoms with Crippen molar-refractivity contribution in [3.8, 4) is 0 Å². The van der Waals surface area contributed by atoms with Crippen LogP contribution in [-0.2, 0) is 0 Å². The van der Waals surface area contributed by atoms with E-state index in [1.807, 2.05) is 6.08 Å². The molecule has 0 heteroatoms. The molecule has 11 heavy (non-hydrogen) atoms. The smallest absolute Gasteiger partial charge is 0.0136 e. The SMILES string of the molecule is C=C/C=C1/C=CC=CC12CC2. The zero-order valence-corrected chi connectivity index (χ0v) is 6.59. The van der Waals surface area contributed by atoms with E-state index in [2.05, 4.69) is 37.0 Å². The Bertz CT molecular complexity index is 260. The van der Waals surface area contributed by atoms with Gasteiger partial charge in [-0.05, 0) is 18.4 Å². The molecule has 2 aliphatic rings. The van der Waals surface area contributed by atoms with Gasteiger partial charge in [0.15, 0.2) is 0 Å². The maximum absolute atomic E-state index is 3.71. The van der Waals surface area contributed by atoms with Crippen LogP contribution < -0.4 is 0 Å². The summed E-state index contributed by atoms with van der Waals surface area (Å²) in [5, 5.41) is 0. The molecule has 1 saturated carbocycles. The fraction of sp³-hybridized carbons (Fsp3) is 0.273. The number of hydrogen-bond acceptors (Lipinski definition) is 0. The van der Waals surface area contributed by atoms with E-state index in [0.29, 0.717) is 5.41 Å². The molecule has 0 nitrogen and oxygen atoms in total. The van der Waals surface area contributed by atoms with Gasteiger partial charge in [-0.15, -0.1) is 0 Å². The van der Waals surface area contributed by atoms with Crippen LogP contribution in [0.1, 0.15) is 12.8 Å². The molecule has 2 rings (SSSR count). The Labute approximate surface area is 67.6 Å². The van der Waals surface area contributed by atoms with E-state index < -0.39 is 0 Å². The van der Waals surface area contributed by atoms with Crippen LogP contribution in [0, 0.1) is 5.41 Å². The molecule has 1 spiro atoms. The molecular formula is C11H12. The summed E-state index contributed by atoms with van der Waals surface area (Å²) >= 11 is 0. The Balaban J connectivity index is 2.33. The lowest BCUT2D eigenvalue weighted by molar-refractivity contribution is 0.803. The van der Waals surface area contributed by atoms with Gasteiger partial charge < -0.3 is 0 Å². The van der Waals surface area contributed by atoms with Crippen LogP contribution in [0.15, 0.2) is 48.6 Å². The molecule has 0 aromatic heterocycles. The van der Waals surface area contributed by atoms with Crippen LogP contribution in [-0.4, -0.2) is 0 Å². The van der Waals surface area contributed by atoms with Crippen molar-refractivity contribution in [3.05, 3.63) is 48.6 Å². The molecule has 0 atom stereocenters. The second-order valence-electron chi connectivity index (χ2n) is 3.23. The standard InChI is InChI=1S/C11H12/c1-2-5-10-6-3-4-7-11(10)8-9-11/h2-7H,1,8-9H2/b10-5-. The van der Waals surface area contributed by atoms with Crippen molar-refractivity contribution in [1.29, 1.82) is 0 Å². The lowest BCUT2D eigenvalue weighted by Gasteiger charge is -2.13. The summed E-state index contributed by atoms with van der Waals surface area (Å²) in [4.78, 5) is 0. The highest BCUT2D eigenvalue weighted by molar-refractivity contribution is 5.44. The molecule has 0 heterocycles. The quantitative estimate of drug-likeness (QED) is 0.530. The van der Waals surface area contributed by atoms with Crippen molar-refractivity contribution in [2.75, 3.05) is 0 Å². The van der Waals surface area contributed by atoms with Gasteiger partial charge >= 0.3 is 0 Å². The van der Waals surface area contributed by atoms with Gasteiger partial charge in [-0.3, -0.25) is 0 Å². The third kappa shape index (κ3) is 0.988. The topological polar surface area (TPSA) is 0 Å². The highest BCUT2D eigenvalue weighted by atomic mass is 14.5. The predicted octanol–water partition coefficient (Wildman–Crippen LogP) is 3.01. The Kier molecular flexibility index (Phi) is 1.35. The van der Waals surface area contributed by atoms with E-state index in [9.17, 15) is 0 Å². The van der Waals surface area contributed by atoms with E-state index in [-0.39, 0.29) is 0 Å². The third-order valence-corrected chi connectivity index (χ3v) is 2.46. The molecule has 0 amide bonds. The lowest BCUT2D eigenvalue weighted by atomic mass is 9.91. The molecule has 1 fully saturated rings. The first kappa shape index (κ1) is 6.66. The molecule has 56 valence electrons. The van der Waals surface area contributed by atoms with E-state index >= 15 is 0 Å². The second kappa shape index (κ2) is 2.23. The first-order valence-corrected chi connectivity index (χ1v) is 4.06. The molecular weight excluding hydrogens is 132 g/mol. The van der Waals surface area contributed by atoms with Gasteiger partial charge in [-0.25, -0.2) is 0 Å². The summed E-state index contributed by atoms with van der Waals surface area (Å²) in [6.45, 7) is 3.71. The van der Waals surface area contributed by atoms with Crippen LogP contribution in [0.3, 0.4) is 0 Å². The van der Waals surface area contributed by atoms with Gasteiger partial charge in [0, 0.05) is 5.41 Å². The Morgan fingerprint density at radius 3 is 2.82 bits per heavy atom. The van der Waals surface area contributed by atoms with Crippen LogP contribution >= 0.6 is 0 Å². The van der Waals surface area contributed by atoms with Gasteiger partial charge in [-0.1, -0.05) is 43.0 Å². The van der Waals surface area contributed by atoms with Crippen molar-refractivity contribution in [2.45, 2.75) is 12.8 Å². The highest BCUT2D eigenvalue weighted by Crippen LogP contribution is 2.54. The molecule has 0 saturated heterocycles. The molecule has 0 unspecified atom stereocenters. The monoisotopic (exact) mass is 144 g/mol. The molecule has 0 aromatic rings. The second-order valence-corrected chi connectivity index (χ2v) is 3.23. The predicted molar refractivity (Wildman–Crippen MR) is 48.2 cm³/mol. The van der Waals surface area contributed by atoms with E-state index in [0.717, 1.165) is 0 Å². The minimum atomic E-state index is 0.420. The van der Waals surface area contributed by atoms with Crippen LogP contribution in [0.25, 0.3) is 0 Å². The van der Waals surface area contributed by atoms with Crippen molar-refractivity contribution in [1.82, 2.24) is 0 Å². The van der Waals surface area contributed by atoms with Gasteiger partial charge in [0.1, 0.15) is 0 Å². The molecule has 0 radical (unpaired) electrons. The van der Waals surface area contributed by atoms with Crippen molar-refractivity contribution in [3.63, 3.8) is 0 Å². The van der Waals surface area contributed by atoms with Gasteiger partial charge in [0.25, 0.3) is 0 Å². The zero-order chi connectivity index (χ0) is 7.73. The van der Waals surface area contributed by atoms with Gasteiger partial charge in [0.05, 0.1) is 0 Å². The summed E-state index contributed by atoms with van der Waals surface area (Å²) in [6, 6.07) is 0. The molecule has 0 aromatic carbocycles. The van der Waals surface area contributed by atoms with Crippen LogP contribution in [0.4, 0.5) is 0 Å². The minimum absolute atomic E-state index is 0.420.